The van der Waals surface area contributed by atoms with Crippen molar-refractivity contribution in [3.8, 4) is 0 Å². The van der Waals surface area contributed by atoms with Crippen molar-refractivity contribution >= 4 is 0 Å². The Morgan fingerprint density at radius 2 is 1.95 bits per heavy atom. The second kappa shape index (κ2) is 5.88. The van der Waals surface area contributed by atoms with Crippen LogP contribution in [0.4, 0.5) is 0 Å². The standard InChI is InChI=1S/C17H29N3/c1-17(10-5-6-11-17)16(18)13-14-9-12-20(19-14)15-7-3-2-4-8-15/h9,12,15-16H,2-8,10-11,13,18H2,1H3. The predicted octanol–water partition coefficient (Wildman–Crippen LogP) is 3.84. The van der Waals surface area contributed by atoms with E-state index < -0.39 is 0 Å². The van der Waals surface area contributed by atoms with Gasteiger partial charge >= 0.3 is 0 Å². The van der Waals surface area contributed by atoms with E-state index in [-0.39, 0.29) is 6.04 Å². The topological polar surface area (TPSA) is 43.8 Å². The van der Waals surface area contributed by atoms with Gasteiger partial charge in [-0.2, -0.15) is 5.10 Å². The largest absolute Gasteiger partial charge is 0.327 e. The van der Waals surface area contributed by atoms with Gasteiger partial charge in [0.2, 0.25) is 0 Å². The first-order valence-corrected chi connectivity index (χ1v) is 8.47. The van der Waals surface area contributed by atoms with Crippen molar-refractivity contribution in [2.75, 3.05) is 0 Å². The van der Waals surface area contributed by atoms with Crippen LogP contribution in [0.1, 0.15) is 76.4 Å². The van der Waals surface area contributed by atoms with Crippen LogP contribution in [0.15, 0.2) is 12.3 Å². The molecule has 2 aliphatic carbocycles. The number of nitrogens with two attached hydrogens (primary N) is 1. The van der Waals surface area contributed by atoms with Crippen LogP contribution in [0.25, 0.3) is 0 Å². The number of hydrogen-bond donors (Lipinski definition) is 1. The van der Waals surface area contributed by atoms with Crippen LogP contribution >= 0.6 is 0 Å². The van der Waals surface area contributed by atoms with E-state index in [1.807, 2.05) is 0 Å². The monoisotopic (exact) mass is 275 g/mol. The van der Waals surface area contributed by atoms with E-state index in [0.29, 0.717) is 11.5 Å². The molecule has 0 radical (unpaired) electrons. The molecule has 0 aromatic carbocycles. The van der Waals surface area contributed by atoms with Crippen molar-refractivity contribution < 1.29 is 0 Å². The van der Waals surface area contributed by atoms with Crippen LogP contribution in [0.2, 0.25) is 0 Å². The Kier molecular flexibility index (Phi) is 4.16. The molecule has 1 aromatic heterocycles. The molecule has 1 atom stereocenters. The lowest BCUT2D eigenvalue weighted by molar-refractivity contribution is 0.258. The van der Waals surface area contributed by atoms with Gasteiger partial charge in [-0.3, -0.25) is 4.68 Å². The predicted molar refractivity (Wildman–Crippen MR) is 82.6 cm³/mol. The highest BCUT2D eigenvalue weighted by Gasteiger charge is 2.35. The van der Waals surface area contributed by atoms with E-state index in [4.69, 9.17) is 10.8 Å². The zero-order valence-corrected chi connectivity index (χ0v) is 12.9. The van der Waals surface area contributed by atoms with Crippen molar-refractivity contribution in [3.05, 3.63) is 18.0 Å². The summed E-state index contributed by atoms with van der Waals surface area (Å²) >= 11 is 0. The molecule has 1 heterocycles. The number of aromatic nitrogens is 2. The highest BCUT2D eigenvalue weighted by atomic mass is 15.3. The van der Waals surface area contributed by atoms with Gasteiger partial charge in [0.1, 0.15) is 0 Å². The molecule has 1 unspecified atom stereocenters. The van der Waals surface area contributed by atoms with E-state index in [1.165, 1.54) is 63.5 Å². The first-order chi connectivity index (χ1) is 9.67. The Hall–Kier alpha value is -0.830. The average Bonchev–Trinajstić information content (AvgIpc) is 3.10. The fraction of sp³-hybridized carbons (Fsp3) is 0.824. The Balaban J connectivity index is 1.61. The first-order valence-electron chi connectivity index (χ1n) is 8.47. The van der Waals surface area contributed by atoms with E-state index >= 15 is 0 Å². The Bertz CT molecular complexity index is 425. The van der Waals surface area contributed by atoms with Gasteiger partial charge in [-0.15, -0.1) is 0 Å². The summed E-state index contributed by atoms with van der Waals surface area (Å²) in [6.45, 7) is 2.36. The van der Waals surface area contributed by atoms with Crippen LogP contribution in [0, 0.1) is 5.41 Å². The molecule has 112 valence electrons. The highest BCUT2D eigenvalue weighted by molar-refractivity contribution is 5.05. The summed E-state index contributed by atoms with van der Waals surface area (Å²) in [5.74, 6) is 0. The van der Waals surface area contributed by atoms with Gasteiger partial charge in [-0.1, -0.05) is 39.0 Å². The summed E-state index contributed by atoms with van der Waals surface area (Å²) in [6, 6.07) is 3.09. The Morgan fingerprint density at radius 3 is 2.65 bits per heavy atom. The molecule has 2 saturated carbocycles. The summed E-state index contributed by atoms with van der Waals surface area (Å²) in [7, 11) is 0. The maximum atomic E-state index is 6.48. The molecule has 0 bridgehead atoms. The van der Waals surface area contributed by atoms with Gasteiger partial charge in [0, 0.05) is 18.7 Å². The summed E-state index contributed by atoms with van der Waals surface area (Å²) in [5, 5.41) is 4.81. The molecule has 0 saturated heterocycles. The van der Waals surface area contributed by atoms with E-state index in [1.54, 1.807) is 0 Å². The van der Waals surface area contributed by atoms with Gasteiger partial charge < -0.3 is 5.73 Å². The summed E-state index contributed by atoms with van der Waals surface area (Å²) < 4.78 is 2.21. The molecule has 3 heteroatoms. The van der Waals surface area contributed by atoms with E-state index in [9.17, 15) is 0 Å². The smallest absolute Gasteiger partial charge is 0.0640 e. The van der Waals surface area contributed by atoms with E-state index in [0.717, 1.165) is 6.42 Å². The van der Waals surface area contributed by atoms with Crippen LogP contribution in [-0.4, -0.2) is 15.8 Å². The molecule has 0 amide bonds. The third kappa shape index (κ3) is 2.93. The second-order valence-electron chi connectivity index (χ2n) is 7.25. The molecule has 20 heavy (non-hydrogen) atoms. The molecular weight excluding hydrogens is 246 g/mol. The molecule has 2 N–H and O–H groups in total. The SMILES string of the molecule is CC1(C(N)Cc2ccn(C3CCCCC3)n2)CCCC1. The Morgan fingerprint density at radius 1 is 1.25 bits per heavy atom. The van der Waals surface area contributed by atoms with Gasteiger partial charge in [-0.05, 0) is 37.2 Å². The van der Waals surface area contributed by atoms with Crippen molar-refractivity contribution in [1.82, 2.24) is 9.78 Å². The highest BCUT2D eigenvalue weighted by Crippen LogP contribution is 2.40. The first kappa shape index (κ1) is 14.1. The van der Waals surface area contributed by atoms with Crippen molar-refractivity contribution in [1.29, 1.82) is 0 Å². The lowest BCUT2D eigenvalue weighted by atomic mass is 9.79. The molecule has 0 aliphatic heterocycles. The molecule has 3 nitrogen and oxygen atoms in total. The van der Waals surface area contributed by atoms with Gasteiger partial charge in [0.15, 0.2) is 0 Å². The molecule has 1 aromatic rings. The average molecular weight is 275 g/mol. The maximum absolute atomic E-state index is 6.48. The molecule has 2 fully saturated rings. The van der Waals surface area contributed by atoms with Crippen molar-refractivity contribution in [2.24, 2.45) is 11.1 Å². The van der Waals surface area contributed by atoms with Gasteiger partial charge in [0.05, 0.1) is 11.7 Å². The molecule has 0 spiro atoms. The van der Waals surface area contributed by atoms with Crippen molar-refractivity contribution in [2.45, 2.75) is 83.2 Å². The molecular formula is C17H29N3. The summed E-state index contributed by atoms with van der Waals surface area (Å²) in [4.78, 5) is 0. The number of rotatable bonds is 4. The lowest BCUT2D eigenvalue weighted by Gasteiger charge is -2.30. The quantitative estimate of drug-likeness (QED) is 0.907. The zero-order chi connectivity index (χ0) is 14.0. The number of hydrogen-bond acceptors (Lipinski definition) is 2. The normalized spacial score (nSPS) is 24.9. The van der Waals surface area contributed by atoms with Gasteiger partial charge in [0.25, 0.3) is 0 Å². The van der Waals surface area contributed by atoms with Crippen LogP contribution in [-0.2, 0) is 6.42 Å². The van der Waals surface area contributed by atoms with Crippen LogP contribution in [0.5, 0.6) is 0 Å². The Labute approximate surface area is 122 Å². The minimum Gasteiger partial charge on any atom is -0.327 e. The fourth-order valence-corrected chi connectivity index (χ4v) is 4.06. The molecule has 3 rings (SSSR count). The third-order valence-corrected chi connectivity index (χ3v) is 5.68. The maximum Gasteiger partial charge on any atom is 0.0640 e. The lowest BCUT2D eigenvalue weighted by Crippen LogP contribution is -2.39. The summed E-state index contributed by atoms with van der Waals surface area (Å²) in [5.41, 5.74) is 8.02. The van der Waals surface area contributed by atoms with Crippen molar-refractivity contribution in [3.63, 3.8) is 0 Å². The third-order valence-electron chi connectivity index (χ3n) is 5.68. The van der Waals surface area contributed by atoms with Crippen LogP contribution in [0.3, 0.4) is 0 Å². The minimum atomic E-state index is 0.264. The van der Waals surface area contributed by atoms with E-state index in [2.05, 4.69) is 23.9 Å². The fourth-order valence-electron chi connectivity index (χ4n) is 4.06. The zero-order valence-electron chi connectivity index (χ0n) is 12.9. The minimum absolute atomic E-state index is 0.264. The van der Waals surface area contributed by atoms with Crippen LogP contribution < -0.4 is 5.73 Å². The van der Waals surface area contributed by atoms with Gasteiger partial charge in [-0.25, -0.2) is 0 Å². The molecule has 2 aliphatic rings. The number of nitrogens with zero attached hydrogens (tertiary/aromatic N) is 2. The summed E-state index contributed by atoms with van der Waals surface area (Å²) in [6.07, 6.45) is 15.1. The second-order valence-corrected chi connectivity index (χ2v) is 7.25.